The molecule has 1 aromatic carbocycles. The monoisotopic (exact) mass is 305 g/mol. The Labute approximate surface area is 130 Å². The van der Waals surface area contributed by atoms with Crippen molar-refractivity contribution < 1.29 is 0 Å². The second-order valence-corrected chi connectivity index (χ2v) is 6.96. The van der Waals surface area contributed by atoms with Gasteiger partial charge in [0.15, 0.2) is 0 Å². The molecule has 3 rings (SSSR count). The zero-order valence-corrected chi connectivity index (χ0v) is 13.3. The predicted octanol–water partition coefficient (Wildman–Crippen LogP) is 5.00. The van der Waals surface area contributed by atoms with Crippen LogP contribution in [0.3, 0.4) is 0 Å². The van der Waals surface area contributed by atoms with Crippen molar-refractivity contribution in [3.8, 4) is 0 Å². The highest BCUT2D eigenvalue weighted by atomic mass is 35.5. The van der Waals surface area contributed by atoms with E-state index in [4.69, 9.17) is 11.6 Å². The first-order chi connectivity index (χ1) is 9.76. The molecule has 0 fully saturated rings. The molecule has 0 amide bonds. The van der Waals surface area contributed by atoms with Crippen LogP contribution >= 0.6 is 22.9 Å². The Morgan fingerprint density at radius 2 is 2.15 bits per heavy atom. The average molecular weight is 306 g/mol. The SMILES string of the molecule is CCCC(NC1Cc2ccc(Cl)cc2C1)c1cccs1. The Hall–Kier alpha value is -0.830. The van der Waals surface area contributed by atoms with Crippen molar-refractivity contribution in [2.24, 2.45) is 0 Å². The molecule has 1 aromatic heterocycles. The molecule has 20 heavy (non-hydrogen) atoms. The average Bonchev–Trinajstić information content (AvgIpc) is 3.06. The van der Waals surface area contributed by atoms with Gasteiger partial charge in [0.25, 0.3) is 0 Å². The summed E-state index contributed by atoms with van der Waals surface area (Å²) in [6.45, 7) is 2.26. The van der Waals surface area contributed by atoms with Gasteiger partial charge in [0, 0.05) is 22.0 Å². The van der Waals surface area contributed by atoms with Crippen molar-refractivity contribution in [1.29, 1.82) is 0 Å². The molecule has 1 aliphatic rings. The van der Waals surface area contributed by atoms with Gasteiger partial charge < -0.3 is 5.32 Å². The fourth-order valence-corrected chi connectivity index (χ4v) is 4.09. The van der Waals surface area contributed by atoms with E-state index in [1.165, 1.54) is 28.8 Å². The number of rotatable bonds is 5. The maximum atomic E-state index is 6.09. The third-order valence-electron chi connectivity index (χ3n) is 4.00. The van der Waals surface area contributed by atoms with E-state index in [-0.39, 0.29) is 0 Å². The lowest BCUT2D eigenvalue weighted by atomic mass is 10.1. The van der Waals surface area contributed by atoms with Crippen LogP contribution in [-0.4, -0.2) is 6.04 Å². The van der Waals surface area contributed by atoms with Gasteiger partial charge in [-0.1, -0.05) is 37.1 Å². The van der Waals surface area contributed by atoms with Crippen molar-refractivity contribution >= 4 is 22.9 Å². The number of benzene rings is 1. The molecule has 0 spiro atoms. The van der Waals surface area contributed by atoms with Crippen LogP contribution in [-0.2, 0) is 12.8 Å². The van der Waals surface area contributed by atoms with Crippen molar-refractivity contribution in [3.63, 3.8) is 0 Å². The molecule has 1 nitrogen and oxygen atoms in total. The van der Waals surface area contributed by atoms with Gasteiger partial charge in [-0.15, -0.1) is 11.3 Å². The van der Waals surface area contributed by atoms with Gasteiger partial charge in [0.05, 0.1) is 0 Å². The molecule has 0 aliphatic heterocycles. The first-order valence-electron chi connectivity index (χ1n) is 7.33. The zero-order valence-electron chi connectivity index (χ0n) is 11.7. The van der Waals surface area contributed by atoms with Crippen LogP contribution in [0.1, 0.15) is 41.8 Å². The van der Waals surface area contributed by atoms with Crippen LogP contribution in [0, 0.1) is 0 Å². The van der Waals surface area contributed by atoms with Crippen LogP contribution in [0.25, 0.3) is 0 Å². The number of hydrogen-bond acceptors (Lipinski definition) is 2. The van der Waals surface area contributed by atoms with Gasteiger partial charge >= 0.3 is 0 Å². The summed E-state index contributed by atoms with van der Waals surface area (Å²) in [7, 11) is 0. The van der Waals surface area contributed by atoms with E-state index in [2.05, 4.69) is 41.9 Å². The van der Waals surface area contributed by atoms with E-state index in [1.807, 2.05) is 17.4 Å². The zero-order chi connectivity index (χ0) is 13.9. The van der Waals surface area contributed by atoms with Crippen LogP contribution < -0.4 is 5.32 Å². The Balaban J connectivity index is 1.69. The molecule has 2 atom stereocenters. The molecule has 106 valence electrons. The number of fused-ring (bicyclic) bond motifs is 1. The van der Waals surface area contributed by atoms with Crippen molar-refractivity contribution in [3.05, 3.63) is 56.7 Å². The minimum atomic E-state index is 0.495. The molecule has 2 unspecified atom stereocenters. The summed E-state index contributed by atoms with van der Waals surface area (Å²) >= 11 is 7.95. The van der Waals surface area contributed by atoms with Gasteiger partial charge in [-0.05, 0) is 54.0 Å². The molecule has 0 bridgehead atoms. The normalized spacial score (nSPS) is 19.0. The van der Waals surface area contributed by atoms with Gasteiger partial charge in [0.1, 0.15) is 0 Å². The third kappa shape index (κ3) is 3.08. The largest absolute Gasteiger partial charge is 0.306 e. The van der Waals surface area contributed by atoms with E-state index < -0.39 is 0 Å². The highest BCUT2D eigenvalue weighted by molar-refractivity contribution is 7.10. The lowest BCUT2D eigenvalue weighted by Crippen LogP contribution is -2.33. The van der Waals surface area contributed by atoms with Crippen molar-refractivity contribution in [2.45, 2.75) is 44.7 Å². The number of hydrogen-bond donors (Lipinski definition) is 1. The summed E-state index contributed by atoms with van der Waals surface area (Å²) in [4.78, 5) is 1.46. The molecule has 1 aliphatic carbocycles. The summed E-state index contributed by atoms with van der Waals surface area (Å²) in [5, 5.41) is 6.88. The van der Waals surface area contributed by atoms with Crippen molar-refractivity contribution in [2.75, 3.05) is 0 Å². The van der Waals surface area contributed by atoms with Gasteiger partial charge in [-0.3, -0.25) is 0 Å². The van der Waals surface area contributed by atoms with E-state index >= 15 is 0 Å². The fraction of sp³-hybridized carbons (Fsp3) is 0.412. The molecule has 0 radical (unpaired) electrons. The fourth-order valence-electron chi connectivity index (χ4n) is 3.08. The molecule has 0 saturated heterocycles. The maximum Gasteiger partial charge on any atom is 0.0417 e. The molecule has 0 saturated carbocycles. The lowest BCUT2D eigenvalue weighted by Gasteiger charge is -2.21. The smallest absolute Gasteiger partial charge is 0.0417 e. The number of nitrogens with one attached hydrogen (secondary N) is 1. The minimum Gasteiger partial charge on any atom is -0.306 e. The Kier molecular flexibility index (Phi) is 4.45. The standard InChI is InChI=1S/C17H20ClNS/c1-2-4-16(17-5-3-8-20-17)19-15-10-12-6-7-14(18)9-13(12)11-15/h3,5-9,15-16,19H,2,4,10-11H2,1H3. The Morgan fingerprint density at radius 3 is 2.90 bits per heavy atom. The third-order valence-corrected chi connectivity index (χ3v) is 5.22. The molecule has 3 heteroatoms. The Bertz CT molecular complexity index is 564. The van der Waals surface area contributed by atoms with Crippen LogP contribution in [0.5, 0.6) is 0 Å². The van der Waals surface area contributed by atoms with E-state index in [0.717, 1.165) is 17.9 Å². The van der Waals surface area contributed by atoms with E-state index in [9.17, 15) is 0 Å². The topological polar surface area (TPSA) is 12.0 Å². The molecule has 1 N–H and O–H groups in total. The highest BCUT2D eigenvalue weighted by Gasteiger charge is 2.24. The summed E-state index contributed by atoms with van der Waals surface area (Å²) < 4.78 is 0. The Morgan fingerprint density at radius 1 is 1.30 bits per heavy atom. The molecule has 2 aromatic rings. The number of thiophene rings is 1. The summed E-state index contributed by atoms with van der Waals surface area (Å²) in [5.74, 6) is 0. The summed E-state index contributed by atoms with van der Waals surface area (Å²) in [6.07, 6.45) is 4.63. The van der Waals surface area contributed by atoms with Gasteiger partial charge in [-0.2, -0.15) is 0 Å². The van der Waals surface area contributed by atoms with Gasteiger partial charge in [0.2, 0.25) is 0 Å². The second-order valence-electron chi connectivity index (χ2n) is 5.54. The summed E-state index contributed by atoms with van der Waals surface area (Å²) in [6, 6.07) is 11.7. The predicted molar refractivity (Wildman–Crippen MR) is 87.8 cm³/mol. The maximum absolute atomic E-state index is 6.09. The summed E-state index contributed by atoms with van der Waals surface area (Å²) in [5.41, 5.74) is 2.87. The molecular weight excluding hydrogens is 286 g/mol. The van der Waals surface area contributed by atoms with Crippen LogP contribution in [0.2, 0.25) is 5.02 Å². The quantitative estimate of drug-likeness (QED) is 0.819. The van der Waals surface area contributed by atoms with Crippen LogP contribution in [0.15, 0.2) is 35.7 Å². The second kappa shape index (κ2) is 6.30. The molecular formula is C17H20ClNS. The molecule has 1 heterocycles. The number of halogens is 1. The van der Waals surface area contributed by atoms with Gasteiger partial charge in [-0.25, -0.2) is 0 Å². The minimum absolute atomic E-state index is 0.495. The first kappa shape index (κ1) is 14.1. The lowest BCUT2D eigenvalue weighted by molar-refractivity contribution is 0.426. The first-order valence-corrected chi connectivity index (χ1v) is 8.58. The van der Waals surface area contributed by atoms with E-state index in [0.29, 0.717) is 12.1 Å². The van der Waals surface area contributed by atoms with E-state index in [1.54, 1.807) is 0 Å². The van der Waals surface area contributed by atoms with Crippen molar-refractivity contribution in [1.82, 2.24) is 5.32 Å². The van der Waals surface area contributed by atoms with Crippen LogP contribution in [0.4, 0.5) is 0 Å². The highest BCUT2D eigenvalue weighted by Crippen LogP contribution is 2.29.